The van der Waals surface area contributed by atoms with Crippen LogP contribution in [0.2, 0.25) is 0 Å². The summed E-state index contributed by atoms with van der Waals surface area (Å²) in [5, 5.41) is 12.0. The summed E-state index contributed by atoms with van der Waals surface area (Å²) in [5.74, 6) is 1.87. The molecule has 144 valence electrons. The molecule has 3 rings (SSSR count). The third kappa shape index (κ3) is 4.42. The van der Waals surface area contributed by atoms with Crippen molar-refractivity contribution in [3.8, 4) is 0 Å². The molecule has 2 fully saturated rings. The highest BCUT2D eigenvalue weighted by Gasteiger charge is 2.41. The number of hydrogen-bond acceptors (Lipinski definition) is 7. The maximum absolute atomic E-state index is 12.2. The Morgan fingerprint density at radius 3 is 3.04 bits per heavy atom. The number of aliphatic hydroxyl groups excluding tert-OH is 1. The average Bonchev–Trinajstić information content (AvgIpc) is 2.68. The van der Waals surface area contributed by atoms with Crippen LogP contribution in [0.15, 0.2) is 12.4 Å². The topological polar surface area (TPSA) is 90.8 Å². The van der Waals surface area contributed by atoms with E-state index in [4.69, 9.17) is 9.84 Å². The number of amides is 1. The van der Waals surface area contributed by atoms with Gasteiger partial charge in [0.1, 0.15) is 18.0 Å². The van der Waals surface area contributed by atoms with E-state index < -0.39 is 0 Å². The molecule has 3 heterocycles. The van der Waals surface area contributed by atoms with Crippen LogP contribution in [0, 0.1) is 5.41 Å². The molecule has 1 amide bonds. The summed E-state index contributed by atoms with van der Waals surface area (Å²) in [6, 6.07) is 1.94. The number of carbonyl (C=O) groups is 1. The lowest BCUT2D eigenvalue weighted by Crippen LogP contribution is -2.54. The molecule has 1 aromatic heterocycles. The van der Waals surface area contributed by atoms with E-state index in [1.807, 2.05) is 11.0 Å². The summed E-state index contributed by atoms with van der Waals surface area (Å²) >= 11 is 0. The van der Waals surface area contributed by atoms with E-state index in [0.29, 0.717) is 26.1 Å². The fourth-order valence-electron chi connectivity index (χ4n) is 4.04. The molecule has 0 saturated carbocycles. The largest absolute Gasteiger partial charge is 0.395 e. The van der Waals surface area contributed by atoms with E-state index in [-0.39, 0.29) is 17.9 Å². The van der Waals surface area contributed by atoms with Crippen LogP contribution in [-0.2, 0) is 9.53 Å². The van der Waals surface area contributed by atoms with E-state index in [9.17, 15) is 4.79 Å². The summed E-state index contributed by atoms with van der Waals surface area (Å²) < 4.78 is 5.16. The van der Waals surface area contributed by atoms with Crippen molar-refractivity contribution >= 4 is 17.5 Å². The fourth-order valence-corrected chi connectivity index (χ4v) is 4.04. The Kier molecular flexibility index (Phi) is 6.26. The minimum absolute atomic E-state index is 0.0670. The highest BCUT2D eigenvalue weighted by atomic mass is 16.5. The minimum Gasteiger partial charge on any atom is -0.395 e. The highest BCUT2D eigenvalue weighted by molar-refractivity contribution is 5.77. The lowest BCUT2D eigenvalue weighted by atomic mass is 9.73. The lowest BCUT2D eigenvalue weighted by molar-refractivity contribution is -0.138. The molecule has 0 aromatic carbocycles. The number of hydrogen-bond donors (Lipinski definition) is 2. The van der Waals surface area contributed by atoms with Gasteiger partial charge >= 0.3 is 0 Å². The van der Waals surface area contributed by atoms with Crippen LogP contribution in [0.25, 0.3) is 0 Å². The van der Waals surface area contributed by atoms with Gasteiger partial charge in [-0.3, -0.25) is 4.79 Å². The first-order valence-electron chi connectivity index (χ1n) is 9.34. The van der Waals surface area contributed by atoms with Crippen LogP contribution in [-0.4, -0.2) is 78.9 Å². The molecule has 0 radical (unpaired) electrons. The maximum Gasteiger partial charge on any atom is 0.222 e. The number of methoxy groups -OCH3 is 1. The van der Waals surface area contributed by atoms with E-state index in [1.54, 1.807) is 13.4 Å². The maximum atomic E-state index is 12.2. The molecule has 0 bridgehead atoms. The summed E-state index contributed by atoms with van der Waals surface area (Å²) in [6.07, 6.45) is 5.35. The van der Waals surface area contributed by atoms with Gasteiger partial charge in [0.15, 0.2) is 0 Å². The second-order valence-electron chi connectivity index (χ2n) is 7.25. The molecule has 8 nitrogen and oxygen atoms in total. The molecule has 1 aromatic rings. The molecule has 1 spiro atoms. The van der Waals surface area contributed by atoms with Gasteiger partial charge in [0.05, 0.1) is 13.2 Å². The van der Waals surface area contributed by atoms with Gasteiger partial charge in [0.25, 0.3) is 0 Å². The number of ether oxygens (including phenoxy) is 1. The first-order valence-corrected chi connectivity index (χ1v) is 9.34. The van der Waals surface area contributed by atoms with Crippen molar-refractivity contribution in [2.45, 2.75) is 25.7 Å². The predicted molar refractivity (Wildman–Crippen MR) is 99.2 cm³/mol. The zero-order chi connectivity index (χ0) is 18.4. The van der Waals surface area contributed by atoms with Crippen LogP contribution in [0.4, 0.5) is 11.6 Å². The molecule has 2 aliphatic heterocycles. The molecular weight excluding hydrogens is 334 g/mol. The molecule has 8 heteroatoms. The van der Waals surface area contributed by atoms with Gasteiger partial charge in [0.2, 0.25) is 5.91 Å². The Hall–Kier alpha value is -1.93. The van der Waals surface area contributed by atoms with Crippen molar-refractivity contribution in [3.63, 3.8) is 0 Å². The molecule has 2 saturated heterocycles. The lowest BCUT2D eigenvalue weighted by Gasteiger charge is -2.48. The van der Waals surface area contributed by atoms with Gasteiger partial charge in [-0.2, -0.15) is 0 Å². The van der Waals surface area contributed by atoms with Crippen LogP contribution >= 0.6 is 0 Å². The number of piperidine rings is 2. The molecular formula is C18H29N5O3. The van der Waals surface area contributed by atoms with Crippen molar-refractivity contribution < 1.29 is 14.6 Å². The van der Waals surface area contributed by atoms with Crippen LogP contribution < -0.4 is 10.2 Å². The zero-order valence-electron chi connectivity index (χ0n) is 15.5. The SMILES string of the molecule is COCCN1C[C@]2(CCCN(c3cc(NCCO)ncn3)C2)CCC1=O. The molecule has 2 aliphatic rings. The van der Waals surface area contributed by atoms with E-state index in [1.165, 1.54) is 0 Å². The Labute approximate surface area is 154 Å². The monoisotopic (exact) mass is 363 g/mol. The molecule has 2 N–H and O–H groups in total. The molecule has 0 unspecified atom stereocenters. The van der Waals surface area contributed by atoms with Crippen molar-refractivity contribution in [2.24, 2.45) is 5.41 Å². The average molecular weight is 363 g/mol. The summed E-state index contributed by atoms with van der Waals surface area (Å²) in [4.78, 5) is 25.1. The van der Waals surface area contributed by atoms with Crippen molar-refractivity contribution in [3.05, 3.63) is 12.4 Å². The van der Waals surface area contributed by atoms with E-state index >= 15 is 0 Å². The Morgan fingerprint density at radius 2 is 2.23 bits per heavy atom. The summed E-state index contributed by atoms with van der Waals surface area (Å²) in [6.45, 7) is 4.45. The van der Waals surface area contributed by atoms with Crippen molar-refractivity contribution in [1.29, 1.82) is 0 Å². The number of aliphatic hydroxyl groups is 1. The number of nitrogens with zero attached hydrogens (tertiary/aromatic N) is 4. The third-order valence-corrected chi connectivity index (χ3v) is 5.37. The first kappa shape index (κ1) is 18.8. The van der Waals surface area contributed by atoms with Crippen LogP contribution in [0.1, 0.15) is 25.7 Å². The number of carbonyl (C=O) groups excluding carboxylic acids is 1. The molecule has 26 heavy (non-hydrogen) atoms. The minimum atomic E-state index is 0.0670. The van der Waals surface area contributed by atoms with Gasteiger partial charge in [0, 0.05) is 57.7 Å². The van der Waals surface area contributed by atoms with Gasteiger partial charge in [-0.25, -0.2) is 9.97 Å². The molecule has 0 aliphatic carbocycles. The number of rotatable bonds is 7. The first-order chi connectivity index (χ1) is 12.7. The number of likely N-dealkylation sites (tertiary alicyclic amines) is 1. The van der Waals surface area contributed by atoms with Crippen molar-refractivity contribution in [1.82, 2.24) is 14.9 Å². The Balaban J connectivity index is 1.69. The Morgan fingerprint density at radius 1 is 1.35 bits per heavy atom. The van der Waals surface area contributed by atoms with E-state index in [0.717, 1.165) is 50.5 Å². The second kappa shape index (κ2) is 8.64. The number of nitrogens with one attached hydrogen (secondary N) is 1. The summed E-state index contributed by atoms with van der Waals surface area (Å²) in [7, 11) is 1.67. The second-order valence-corrected chi connectivity index (χ2v) is 7.25. The van der Waals surface area contributed by atoms with Gasteiger partial charge in [-0.05, 0) is 19.3 Å². The standard InChI is InChI=1S/C18H29N5O3/c1-26-10-8-23-13-18(5-3-17(23)25)4-2-7-22(12-18)16-11-15(19-6-9-24)20-14-21-16/h11,14,24H,2-10,12-13H2,1H3,(H,19,20,21)/t18-/m1/s1. The Bertz CT molecular complexity index is 614. The van der Waals surface area contributed by atoms with Gasteiger partial charge in [-0.15, -0.1) is 0 Å². The normalized spacial score (nSPS) is 23.5. The van der Waals surface area contributed by atoms with E-state index in [2.05, 4.69) is 20.2 Å². The quantitative estimate of drug-likeness (QED) is 0.738. The summed E-state index contributed by atoms with van der Waals surface area (Å²) in [5.41, 5.74) is 0.129. The smallest absolute Gasteiger partial charge is 0.222 e. The van der Waals surface area contributed by atoms with Gasteiger partial charge < -0.3 is 25.0 Å². The number of aromatic nitrogens is 2. The van der Waals surface area contributed by atoms with Crippen LogP contribution in [0.5, 0.6) is 0 Å². The van der Waals surface area contributed by atoms with Crippen LogP contribution in [0.3, 0.4) is 0 Å². The number of anilines is 2. The van der Waals surface area contributed by atoms with Gasteiger partial charge in [-0.1, -0.05) is 0 Å². The fraction of sp³-hybridized carbons (Fsp3) is 0.722. The molecule has 1 atom stereocenters. The zero-order valence-corrected chi connectivity index (χ0v) is 15.5. The predicted octanol–water partition coefficient (Wildman–Crippen LogP) is 0.736. The van der Waals surface area contributed by atoms with Crippen molar-refractivity contribution in [2.75, 3.05) is 63.3 Å². The highest BCUT2D eigenvalue weighted by Crippen LogP contribution is 2.39. The third-order valence-electron chi connectivity index (χ3n) is 5.37.